The largest absolute Gasteiger partial charge is 0.392 e. The molecule has 2 heterocycles. The number of carbonyl (C=O) groups excluding carboxylic acids is 2. The molecular weight excluding hydrogens is 306 g/mol. The molecule has 24 heavy (non-hydrogen) atoms. The van der Waals surface area contributed by atoms with Crippen molar-refractivity contribution in [3.05, 3.63) is 0 Å². The van der Waals surface area contributed by atoms with E-state index in [1.807, 2.05) is 4.90 Å². The lowest BCUT2D eigenvalue weighted by Crippen LogP contribution is -2.51. The van der Waals surface area contributed by atoms with Crippen molar-refractivity contribution in [3.63, 3.8) is 0 Å². The van der Waals surface area contributed by atoms with Gasteiger partial charge in [-0.15, -0.1) is 0 Å². The van der Waals surface area contributed by atoms with Gasteiger partial charge in [0.1, 0.15) is 0 Å². The molecule has 2 amide bonds. The lowest BCUT2D eigenvalue weighted by Gasteiger charge is -2.39. The van der Waals surface area contributed by atoms with E-state index in [-0.39, 0.29) is 11.9 Å². The van der Waals surface area contributed by atoms with Crippen LogP contribution in [0.4, 0.5) is 0 Å². The van der Waals surface area contributed by atoms with Crippen LogP contribution in [0.25, 0.3) is 0 Å². The summed E-state index contributed by atoms with van der Waals surface area (Å²) in [6.07, 6.45) is 7.58. The molecule has 6 nitrogen and oxygen atoms in total. The molecule has 0 radical (unpaired) electrons. The normalized spacial score (nSPS) is 30.0. The van der Waals surface area contributed by atoms with Crippen molar-refractivity contribution in [1.29, 1.82) is 0 Å². The molecule has 0 bridgehead atoms. The molecular formula is C18H31N3O3. The van der Waals surface area contributed by atoms with E-state index < -0.39 is 6.10 Å². The molecule has 0 aromatic rings. The summed E-state index contributed by atoms with van der Waals surface area (Å²) in [5.41, 5.74) is 0. The van der Waals surface area contributed by atoms with Crippen LogP contribution in [-0.2, 0) is 9.59 Å². The number of hydrogen-bond acceptors (Lipinski definition) is 4. The maximum Gasteiger partial charge on any atom is 0.237 e. The van der Waals surface area contributed by atoms with Crippen LogP contribution in [0.5, 0.6) is 0 Å². The molecule has 6 heteroatoms. The molecule has 0 spiro atoms. The van der Waals surface area contributed by atoms with Crippen LogP contribution in [-0.4, -0.2) is 71.6 Å². The average molecular weight is 337 g/mol. The molecule has 2 aliphatic heterocycles. The number of nitrogens with zero attached hydrogens (tertiary/aromatic N) is 2. The van der Waals surface area contributed by atoms with Crippen molar-refractivity contribution in [3.8, 4) is 0 Å². The van der Waals surface area contributed by atoms with Crippen molar-refractivity contribution in [2.75, 3.05) is 26.7 Å². The van der Waals surface area contributed by atoms with E-state index in [9.17, 15) is 14.7 Å². The first-order chi connectivity index (χ1) is 11.6. The van der Waals surface area contributed by atoms with Crippen molar-refractivity contribution >= 4 is 11.8 Å². The number of hydrogen-bond donors (Lipinski definition) is 2. The van der Waals surface area contributed by atoms with Gasteiger partial charge in [0, 0.05) is 39.1 Å². The van der Waals surface area contributed by atoms with Gasteiger partial charge < -0.3 is 15.3 Å². The number of carbonyl (C=O) groups is 2. The van der Waals surface area contributed by atoms with Crippen LogP contribution in [0, 0.1) is 5.92 Å². The van der Waals surface area contributed by atoms with Gasteiger partial charge in [0.25, 0.3) is 0 Å². The highest BCUT2D eigenvalue weighted by Crippen LogP contribution is 2.30. The fraction of sp³-hybridized carbons (Fsp3) is 0.889. The lowest BCUT2D eigenvalue weighted by molar-refractivity contribution is -0.134. The minimum atomic E-state index is -0.422. The van der Waals surface area contributed by atoms with E-state index >= 15 is 0 Å². The van der Waals surface area contributed by atoms with Gasteiger partial charge in [-0.3, -0.25) is 14.5 Å². The fourth-order valence-corrected chi connectivity index (χ4v) is 4.70. The highest BCUT2D eigenvalue weighted by Gasteiger charge is 2.40. The summed E-state index contributed by atoms with van der Waals surface area (Å²) in [5, 5.41) is 12.7. The van der Waals surface area contributed by atoms with E-state index in [0.29, 0.717) is 37.3 Å². The first-order valence-corrected chi connectivity index (χ1v) is 9.51. The third-order valence-electron chi connectivity index (χ3n) is 6.09. The summed E-state index contributed by atoms with van der Waals surface area (Å²) in [6.45, 7) is 2.13. The highest BCUT2D eigenvalue weighted by molar-refractivity contribution is 5.82. The smallest absolute Gasteiger partial charge is 0.237 e. The van der Waals surface area contributed by atoms with E-state index in [1.54, 1.807) is 7.05 Å². The summed E-state index contributed by atoms with van der Waals surface area (Å²) in [5.74, 6) is 0.900. The number of piperidine rings is 1. The molecule has 2 atom stereocenters. The molecule has 3 aliphatic rings. The zero-order valence-corrected chi connectivity index (χ0v) is 14.7. The Morgan fingerprint density at radius 3 is 2.42 bits per heavy atom. The van der Waals surface area contributed by atoms with Gasteiger partial charge in [-0.05, 0) is 38.0 Å². The Morgan fingerprint density at radius 1 is 1.12 bits per heavy atom. The summed E-state index contributed by atoms with van der Waals surface area (Å²) in [6, 6.07) is 0.0655. The molecule has 2 saturated heterocycles. The van der Waals surface area contributed by atoms with Crippen molar-refractivity contribution in [2.45, 2.75) is 69.6 Å². The van der Waals surface area contributed by atoms with Crippen LogP contribution >= 0.6 is 0 Å². The van der Waals surface area contributed by atoms with E-state index in [2.05, 4.69) is 10.2 Å². The van der Waals surface area contributed by atoms with Crippen LogP contribution in [0.2, 0.25) is 0 Å². The Kier molecular flexibility index (Phi) is 5.76. The van der Waals surface area contributed by atoms with Crippen molar-refractivity contribution in [1.82, 2.24) is 15.1 Å². The lowest BCUT2D eigenvalue weighted by atomic mass is 9.99. The second-order valence-electron chi connectivity index (χ2n) is 7.68. The zero-order chi connectivity index (χ0) is 17.1. The summed E-state index contributed by atoms with van der Waals surface area (Å²) in [4.78, 5) is 28.7. The second-order valence-corrected chi connectivity index (χ2v) is 7.68. The van der Waals surface area contributed by atoms with E-state index in [0.717, 1.165) is 25.9 Å². The highest BCUT2D eigenvalue weighted by atomic mass is 16.3. The quantitative estimate of drug-likeness (QED) is 0.794. The monoisotopic (exact) mass is 337 g/mol. The summed E-state index contributed by atoms with van der Waals surface area (Å²) >= 11 is 0. The Bertz CT molecular complexity index is 456. The zero-order valence-electron chi connectivity index (χ0n) is 14.7. The number of nitrogens with one attached hydrogen (secondary N) is 1. The Balaban J connectivity index is 1.50. The predicted octanol–water partition coefficient (Wildman–Crippen LogP) is 0.739. The average Bonchev–Trinajstić information content (AvgIpc) is 3.23. The molecule has 3 fully saturated rings. The molecule has 0 aromatic carbocycles. The molecule has 0 unspecified atom stereocenters. The number of β-amino-alcohol motifs (C(OH)–C–C–N with tert-alkyl or cyclic N) is 1. The third-order valence-corrected chi connectivity index (χ3v) is 6.09. The van der Waals surface area contributed by atoms with Crippen LogP contribution in [0.3, 0.4) is 0 Å². The Morgan fingerprint density at radius 2 is 1.79 bits per heavy atom. The number of aliphatic hydroxyl groups is 1. The van der Waals surface area contributed by atoms with Gasteiger partial charge >= 0.3 is 0 Å². The van der Waals surface area contributed by atoms with Gasteiger partial charge in [-0.25, -0.2) is 0 Å². The minimum Gasteiger partial charge on any atom is -0.392 e. The fourth-order valence-electron chi connectivity index (χ4n) is 4.70. The molecule has 136 valence electrons. The van der Waals surface area contributed by atoms with Gasteiger partial charge in [-0.1, -0.05) is 12.8 Å². The maximum absolute atomic E-state index is 12.5. The van der Waals surface area contributed by atoms with E-state index in [4.69, 9.17) is 0 Å². The third kappa shape index (κ3) is 3.91. The number of rotatable bonds is 4. The molecule has 0 aromatic heterocycles. The number of likely N-dealkylation sites (N-methyl/N-ethyl adjacent to an activating group) is 1. The minimum absolute atomic E-state index is 0.00807. The predicted molar refractivity (Wildman–Crippen MR) is 91.4 cm³/mol. The SMILES string of the molecule is CNC(=O)[C@@H]1C[C@@H](O)CN1C1CCN(C(=O)CC2CCCC2)CC1. The Labute approximate surface area is 144 Å². The molecule has 3 rings (SSSR count). The second kappa shape index (κ2) is 7.83. The Hall–Kier alpha value is -1.14. The van der Waals surface area contributed by atoms with Gasteiger partial charge in [0.05, 0.1) is 12.1 Å². The van der Waals surface area contributed by atoms with Crippen molar-refractivity contribution < 1.29 is 14.7 Å². The van der Waals surface area contributed by atoms with Crippen LogP contribution in [0.15, 0.2) is 0 Å². The van der Waals surface area contributed by atoms with Crippen LogP contribution < -0.4 is 5.32 Å². The van der Waals surface area contributed by atoms with Gasteiger partial charge in [0.2, 0.25) is 11.8 Å². The molecule has 1 saturated carbocycles. The van der Waals surface area contributed by atoms with Crippen LogP contribution in [0.1, 0.15) is 51.4 Å². The van der Waals surface area contributed by atoms with Gasteiger partial charge in [0.15, 0.2) is 0 Å². The first kappa shape index (κ1) is 17.7. The number of aliphatic hydroxyl groups excluding tert-OH is 1. The van der Waals surface area contributed by atoms with E-state index in [1.165, 1.54) is 25.7 Å². The van der Waals surface area contributed by atoms with Crippen molar-refractivity contribution in [2.24, 2.45) is 5.92 Å². The topological polar surface area (TPSA) is 72.9 Å². The summed E-state index contributed by atoms with van der Waals surface area (Å²) in [7, 11) is 1.65. The molecule has 2 N–H and O–H groups in total. The maximum atomic E-state index is 12.5. The summed E-state index contributed by atoms with van der Waals surface area (Å²) < 4.78 is 0. The first-order valence-electron chi connectivity index (χ1n) is 9.51. The molecule has 1 aliphatic carbocycles. The number of likely N-dealkylation sites (tertiary alicyclic amines) is 2. The standard InChI is InChI=1S/C18H31N3O3/c1-19-18(24)16-11-15(22)12-21(16)14-6-8-20(9-7-14)17(23)10-13-4-2-3-5-13/h13-16,22H,2-12H2,1H3,(H,19,24)/t15-,16+/m1/s1. The van der Waals surface area contributed by atoms with Gasteiger partial charge in [-0.2, -0.15) is 0 Å². The number of amides is 2.